The monoisotopic (exact) mass is 442 g/mol. The van der Waals surface area contributed by atoms with E-state index in [0.29, 0.717) is 30.5 Å². The zero-order valence-corrected chi connectivity index (χ0v) is 17.5. The van der Waals surface area contributed by atoms with E-state index in [-0.39, 0.29) is 22.8 Å². The molecule has 4 aromatic rings. The highest BCUT2D eigenvalue weighted by atomic mass is 19.1. The SMILES string of the molecule is N#Cc1cccc(-c2cc(-c3cn(Cc4cccc(C5CCOC5)n4)nn3)nc(N)n2)c1F. The molecule has 0 spiro atoms. The minimum atomic E-state index is -0.661. The Morgan fingerprint density at radius 2 is 1.97 bits per heavy atom. The molecule has 164 valence electrons. The molecule has 10 heteroatoms. The molecule has 2 N–H and O–H groups in total. The lowest BCUT2D eigenvalue weighted by Gasteiger charge is -2.08. The fraction of sp³-hybridized carbons (Fsp3) is 0.217. The van der Waals surface area contributed by atoms with Gasteiger partial charge in [-0.3, -0.25) is 4.98 Å². The van der Waals surface area contributed by atoms with Gasteiger partial charge >= 0.3 is 0 Å². The molecule has 0 aliphatic carbocycles. The normalized spacial score (nSPS) is 15.5. The van der Waals surface area contributed by atoms with Crippen LogP contribution in [0.25, 0.3) is 22.6 Å². The number of ether oxygens (including phenoxy) is 1. The van der Waals surface area contributed by atoms with Crippen LogP contribution in [-0.2, 0) is 11.3 Å². The second-order valence-electron chi connectivity index (χ2n) is 7.69. The van der Waals surface area contributed by atoms with Crippen LogP contribution in [0.2, 0.25) is 0 Å². The fourth-order valence-corrected chi connectivity index (χ4v) is 3.79. The van der Waals surface area contributed by atoms with E-state index in [1.807, 2.05) is 24.3 Å². The number of rotatable bonds is 5. The van der Waals surface area contributed by atoms with Gasteiger partial charge in [0.15, 0.2) is 0 Å². The van der Waals surface area contributed by atoms with Gasteiger partial charge in [-0.25, -0.2) is 19.0 Å². The highest BCUT2D eigenvalue weighted by Gasteiger charge is 2.19. The van der Waals surface area contributed by atoms with Crippen molar-refractivity contribution in [2.45, 2.75) is 18.9 Å². The number of nitriles is 1. The lowest BCUT2D eigenvalue weighted by Crippen LogP contribution is -2.07. The maximum absolute atomic E-state index is 14.6. The predicted octanol–water partition coefficient (Wildman–Crippen LogP) is 2.94. The van der Waals surface area contributed by atoms with Crippen LogP contribution in [0.4, 0.5) is 10.3 Å². The number of benzene rings is 1. The van der Waals surface area contributed by atoms with Gasteiger partial charge < -0.3 is 10.5 Å². The molecule has 0 bridgehead atoms. The van der Waals surface area contributed by atoms with Crippen LogP contribution in [-0.4, -0.2) is 43.2 Å². The third-order valence-electron chi connectivity index (χ3n) is 5.44. The first-order valence-electron chi connectivity index (χ1n) is 10.4. The maximum Gasteiger partial charge on any atom is 0.221 e. The van der Waals surface area contributed by atoms with Gasteiger partial charge in [-0.2, -0.15) is 5.26 Å². The highest BCUT2D eigenvalue weighted by Crippen LogP contribution is 2.27. The van der Waals surface area contributed by atoms with E-state index < -0.39 is 5.82 Å². The summed E-state index contributed by atoms with van der Waals surface area (Å²) in [5.41, 5.74) is 8.95. The van der Waals surface area contributed by atoms with Crippen molar-refractivity contribution in [2.75, 3.05) is 18.9 Å². The van der Waals surface area contributed by atoms with Crippen LogP contribution in [0.3, 0.4) is 0 Å². The van der Waals surface area contributed by atoms with E-state index in [1.165, 1.54) is 12.1 Å². The Bertz CT molecular complexity index is 1360. The number of pyridine rings is 1. The first-order valence-corrected chi connectivity index (χ1v) is 10.4. The van der Waals surface area contributed by atoms with Gasteiger partial charge in [-0.15, -0.1) is 5.10 Å². The number of anilines is 1. The van der Waals surface area contributed by atoms with E-state index >= 15 is 0 Å². The fourth-order valence-electron chi connectivity index (χ4n) is 3.79. The third kappa shape index (κ3) is 4.26. The lowest BCUT2D eigenvalue weighted by atomic mass is 10.0. The van der Waals surface area contributed by atoms with Crippen molar-refractivity contribution in [2.24, 2.45) is 0 Å². The van der Waals surface area contributed by atoms with E-state index in [1.54, 1.807) is 23.0 Å². The average molecular weight is 442 g/mol. The van der Waals surface area contributed by atoms with Gasteiger partial charge in [0.05, 0.1) is 42.0 Å². The third-order valence-corrected chi connectivity index (χ3v) is 5.44. The molecule has 1 aliphatic heterocycles. The van der Waals surface area contributed by atoms with Gasteiger partial charge in [0.1, 0.15) is 17.6 Å². The van der Waals surface area contributed by atoms with E-state index in [9.17, 15) is 4.39 Å². The number of halogens is 1. The largest absolute Gasteiger partial charge is 0.381 e. The molecular weight excluding hydrogens is 423 g/mol. The van der Waals surface area contributed by atoms with Crippen LogP contribution in [0.15, 0.2) is 48.7 Å². The Hall–Kier alpha value is -4.23. The molecule has 1 aliphatic rings. The summed E-state index contributed by atoms with van der Waals surface area (Å²) < 4.78 is 21.8. The average Bonchev–Trinajstić information content (AvgIpc) is 3.52. The number of nitrogens with two attached hydrogens (primary N) is 1. The first kappa shape index (κ1) is 20.7. The molecule has 33 heavy (non-hydrogen) atoms. The Kier molecular flexibility index (Phi) is 5.46. The van der Waals surface area contributed by atoms with Crippen molar-refractivity contribution in [3.63, 3.8) is 0 Å². The predicted molar refractivity (Wildman–Crippen MR) is 117 cm³/mol. The molecule has 0 radical (unpaired) electrons. The second kappa shape index (κ2) is 8.72. The van der Waals surface area contributed by atoms with Crippen molar-refractivity contribution >= 4 is 5.95 Å². The van der Waals surface area contributed by atoms with Crippen LogP contribution in [0.5, 0.6) is 0 Å². The van der Waals surface area contributed by atoms with Crippen LogP contribution >= 0.6 is 0 Å². The molecule has 3 aromatic heterocycles. The van der Waals surface area contributed by atoms with Crippen LogP contribution in [0, 0.1) is 17.1 Å². The summed E-state index contributed by atoms with van der Waals surface area (Å²) in [6.45, 7) is 1.89. The summed E-state index contributed by atoms with van der Waals surface area (Å²) in [4.78, 5) is 13.1. The number of hydrogen-bond acceptors (Lipinski definition) is 8. The molecule has 1 aromatic carbocycles. The quantitative estimate of drug-likeness (QED) is 0.500. The number of aromatic nitrogens is 6. The van der Waals surface area contributed by atoms with Crippen molar-refractivity contribution in [1.29, 1.82) is 5.26 Å². The molecule has 0 amide bonds. The molecule has 9 nitrogen and oxygen atoms in total. The van der Waals surface area contributed by atoms with Gasteiger partial charge in [0.25, 0.3) is 0 Å². The topological polar surface area (TPSA) is 128 Å². The molecule has 1 unspecified atom stereocenters. The Balaban J connectivity index is 1.42. The molecule has 4 heterocycles. The Labute approximate surface area is 188 Å². The number of nitrogens with zero attached hydrogens (tertiary/aromatic N) is 7. The summed E-state index contributed by atoms with van der Waals surface area (Å²) in [6.07, 6.45) is 2.69. The zero-order chi connectivity index (χ0) is 22.8. The van der Waals surface area contributed by atoms with Crippen molar-refractivity contribution in [3.05, 3.63) is 71.4 Å². The van der Waals surface area contributed by atoms with Crippen molar-refractivity contribution in [1.82, 2.24) is 29.9 Å². The maximum atomic E-state index is 14.6. The summed E-state index contributed by atoms with van der Waals surface area (Å²) in [5.74, 6) is -0.378. The Morgan fingerprint density at radius 1 is 1.12 bits per heavy atom. The van der Waals surface area contributed by atoms with Gasteiger partial charge in [-0.1, -0.05) is 17.3 Å². The summed E-state index contributed by atoms with van der Waals surface area (Å²) >= 11 is 0. The molecule has 1 fully saturated rings. The summed E-state index contributed by atoms with van der Waals surface area (Å²) in [7, 11) is 0. The van der Waals surface area contributed by atoms with E-state index in [0.717, 1.165) is 24.4 Å². The smallest absolute Gasteiger partial charge is 0.221 e. The molecule has 1 saturated heterocycles. The molecular formula is C23H19FN8O. The van der Waals surface area contributed by atoms with E-state index in [2.05, 4.69) is 20.3 Å². The zero-order valence-electron chi connectivity index (χ0n) is 17.5. The van der Waals surface area contributed by atoms with Gasteiger partial charge in [-0.05, 0) is 36.8 Å². The lowest BCUT2D eigenvalue weighted by molar-refractivity contribution is 0.193. The van der Waals surface area contributed by atoms with Crippen LogP contribution < -0.4 is 5.73 Å². The summed E-state index contributed by atoms with van der Waals surface area (Å²) in [6, 6.07) is 13.9. The van der Waals surface area contributed by atoms with Gasteiger partial charge in [0.2, 0.25) is 5.95 Å². The van der Waals surface area contributed by atoms with E-state index in [4.69, 9.17) is 20.7 Å². The minimum Gasteiger partial charge on any atom is -0.381 e. The number of nitrogen functional groups attached to an aromatic ring is 1. The first-order chi connectivity index (χ1) is 16.1. The van der Waals surface area contributed by atoms with Crippen LogP contribution in [0.1, 0.15) is 29.3 Å². The summed E-state index contributed by atoms with van der Waals surface area (Å²) in [5, 5.41) is 17.5. The molecule has 5 rings (SSSR count). The van der Waals surface area contributed by atoms with Crippen molar-refractivity contribution < 1.29 is 9.13 Å². The number of hydrogen-bond donors (Lipinski definition) is 1. The van der Waals surface area contributed by atoms with Crippen molar-refractivity contribution in [3.8, 4) is 28.7 Å². The highest BCUT2D eigenvalue weighted by molar-refractivity contribution is 5.68. The Morgan fingerprint density at radius 3 is 2.79 bits per heavy atom. The minimum absolute atomic E-state index is 0.0352. The molecule has 1 atom stereocenters. The van der Waals surface area contributed by atoms with Gasteiger partial charge in [0, 0.05) is 23.8 Å². The second-order valence-corrected chi connectivity index (χ2v) is 7.69. The standard InChI is InChI=1S/C23H19FN8O/c24-22-14(10-25)3-1-5-17(22)19-9-20(29-23(26)28-19)21-12-32(31-30-21)11-16-4-2-6-18(27-16)15-7-8-33-13-15/h1-6,9,12,15H,7-8,11,13H2,(H2,26,28,29). The molecule has 0 saturated carbocycles.